The first-order chi connectivity index (χ1) is 5.10. The number of amides is 1. The van der Waals surface area contributed by atoms with Gasteiger partial charge in [0.15, 0.2) is 0 Å². The van der Waals surface area contributed by atoms with E-state index < -0.39 is 5.60 Å². The Morgan fingerprint density at radius 3 is 2.45 bits per heavy atom. The summed E-state index contributed by atoms with van der Waals surface area (Å²) in [6.07, 6.45) is 2.24. The Bertz CT molecular complexity index is 163. The van der Waals surface area contributed by atoms with Gasteiger partial charge in [-0.2, -0.15) is 0 Å². The van der Waals surface area contributed by atoms with E-state index in [4.69, 9.17) is 0 Å². The molecule has 0 aromatic rings. The molecule has 0 aromatic carbocycles. The zero-order chi connectivity index (χ0) is 8.48. The molecule has 0 radical (unpaired) electrons. The summed E-state index contributed by atoms with van der Waals surface area (Å²) >= 11 is 0. The third-order valence-electron chi connectivity index (χ3n) is 2.40. The zero-order valence-corrected chi connectivity index (χ0v) is 7.13. The van der Waals surface area contributed by atoms with Gasteiger partial charge in [-0.1, -0.05) is 0 Å². The Hall–Kier alpha value is -0.570. The van der Waals surface area contributed by atoms with Crippen LogP contribution in [0.4, 0.5) is 0 Å². The van der Waals surface area contributed by atoms with Crippen LogP contribution < -0.4 is 0 Å². The van der Waals surface area contributed by atoms with Gasteiger partial charge in [0, 0.05) is 13.6 Å². The molecule has 1 amide bonds. The second-order valence-electron chi connectivity index (χ2n) is 3.20. The maximum Gasteiger partial charge on any atom is 0.254 e. The third kappa shape index (κ3) is 1.38. The molecule has 0 aromatic heterocycles. The molecule has 0 aliphatic heterocycles. The highest BCUT2D eigenvalue weighted by Crippen LogP contribution is 2.32. The molecule has 0 atom stereocenters. The number of aliphatic hydroxyl groups is 1. The molecule has 1 saturated carbocycles. The van der Waals surface area contributed by atoms with Gasteiger partial charge in [-0.15, -0.1) is 0 Å². The van der Waals surface area contributed by atoms with Crippen molar-refractivity contribution in [2.24, 2.45) is 0 Å². The number of rotatable bonds is 2. The molecule has 0 bridgehead atoms. The molecule has 3 heteroatoms. The van der Waals surface area contributed by atoms with Gasteiger partial charge >= 0.3 is 0 Å². The first kappa shape index (κ1) is 8.53. The molecule has 1 N–H and O–H groups in total. The van der Waals surface area contributed by atoms with Gasteiger partial charge in [0.2, 0.25) is 0 Å². The van der Waals surface area contributed by atoms with E-state index in [9.17, 15) is 9.90 Å². The van der Waals surface area contributed by atoms with E-state index in [1.54, 1.807) is 11.9 Å². The van der Waals surface area contributed by atoms with E-state index in [-0.39, 0.29) is 5.91 Å². The summed E-state index contributed by atoms with van der Waals surface area (Å²) in [5.74, 6) is -0.119. The summed E-state index contributed by atoms with van der Waals surface area (Å²) in [5, 5.41) is 9.59. The molecule has 0 heterocycles. The lowest BCUT2D eigenvalue weighted by molar-refractivity contribution is -0.158. The number of nitrogens with zero attached hydrogens (tertiary/aromatic N) is 1. The van der Waals surface area contributed by atoms with Crippen LogP contribution in [0.3, 0.4) is 0 Å². The minimum Gasteiger partial charge on any atom is -0.380 e. The monoisotopic (exact) mass is 157 g/mol. The summed E-state index contributed by atoms with van der Waals surface area (Å²) in [4.78, 5) is 12.9. The quantitative estimate of drug-likeness (QED) is 0.629. The summed E-state index contributed by atoms with van der Waals surface area (Å²) in [6, 6.07) is 0. The molecule has 64 valence electrons. The molecular formula is C8H15NO2. The van der Waals surface area contributed by atoms with Gasteiger partial charge in [0.05, 0.1) is 0 Å². The van der Waals surface area contributed by atoms with Crippen molar-refractivity contribution in [2.45, 2.75) is 31.8 Å². The lowest BCUT2D eigenvalue weighted by Gasteiger charge is -2.37. The molecule has 1 fully saturated rings. The normalized spacial score (nSPS) is 20.6. The number of carbonyl (C=O) groups is 1. The predicted octanol–water partition coefficient (Wildman–Crippen LogP) is 0.380. The van der Waals surface area contributed by atoms with Crippen LogP contribution in [0.25, 0.3) is 0 Å². The zero-order valence-electron chi connectivity index (χ0n) is 7.13. The summed E-state index contributed by atoms with van der Waals surface area (Å²) < 4.78 is 0. The van der Waals surface area contributed by atoms with Crippen molar-refractivity contribution in [1.29, 1.82) is 0 Å². The Morgan fingerprint density at radius 1 is 1.64 bits per heavy atom. The van der Waals surface area contributed by atoms with Crippen LogP contribution in [0.2, 0.25) is 0 Å². The van der Waals surface area contributed by atoms with Gasteiger partial charge in [0.1, 0.15) is 5.60 Å². The minimum atomic E-state index is -1.01. The van der Waals surface area contributed by atoms with Gasteiger partial charge in [0.25, 0.3) is 5.91 Å². The highest BCUT2D eigenvalue weighted by atomic mass is 16.3. The van der Waals surface area contributed by atoms with Crippen LogP contribution in [0.15, 0.2) is 0 Å². The fraction of sp³-hybridized carbons (Fsp3) is 0.875. The molecular weight excluding hydrogens is 142 g/mol. The first-order valence-electron chi connectivity index (χ1n) is 4.08. The lowest BCUT2D eigenvalue weighted by Crippen LogP contribution is -2.52. The van der Waals surface area contributed by atoms with Crippen molar-refractivity contribution in [3.8, 4) is 0 Å². The topological polar surface area (TPSA) is 40.5 Å². The maximum atomic E-state index is 11.4. The van der Waals surface area contributed by atoms with Crippen molar-refractivity contribution in [3.05, 3.63) is 0 Å². The predicted molar refractivity (Wildman–Crippen MR) is 42.1 cm³/mol. The smallest absolute Gasteiger partial charge is 0.254 e. The third-order valence-corrected chi connectivity index (χ3v) is 2.40. The molecule has 1 aliphatic rings. The average molecular weight is 157 g/mol. The van der Waals surface area contributed by atoms with Crippen LogP contribution in [0, 0.1) is 0 Å². The van der Waals surface area contributed by atoms with Crippen LogP contribution in [-0.4, -0.2) is 35.1 Å². The van der Waals surface area contributed by atoms with Gasteiger partial charge in [-0.05, 0) is 26.2 Å². The number of carbonyl (C=O) groups excluding carboxylic acids is 1. The molecule has 0 saturated heterocycles. The number of hydrogen-bond acceptors (Lipinski definition) is 2. The Kier molecular flexibility index (Phi) is 2.18. The molecule has 0 spiro atoms. The average Bonchev–Trinajstić information content (AvgIpc) is 1.97. The molecule has 3 nitrogen and oxygen atoms in total. The Morgan fingerprint density at radius 2 is 2.18 bits per heavy atom. The van der Waals surface area contributed by atoms with Crippen molar-refractivity contribution in [1.82, 2.24) is 4.90 Å². The van der Waals surface area contributed by atoms with Gasteiger partial charge in [-0.3, -0.25) is 4.79 Å². The molecule has 1 aliphatic carbocycles. The van der Waals surface area contributed by atoms with Crippen LogP contribution in [-0.2, 0) is 4.79 Å². The van der Waals surface area contributed by atoms with Crippen LogP contribution >= 0.6 is 0 Å². The van der Waals surface area contributed by atoms with E-state index in [0.29, 0.717) is 19.4 Å². The Balaban J connectivity index is 2.52. The van der Waals surface area contributed by atoms with Gasteiger partial charge < -0.3 is 10.0 Å². The second-order valence-corrected chi connectivity index (χ2v) is 3.20. The summed E-state index contributed by atoms with van der Waals surface area (Å²) in [5.41, 5.74) is -1.01. The van der Waals surface area contributed by atoms with Crippen molar-refractivity contribution in [3.63, 3.8) is 0 Å². The second kappa shape index (κ2) is 2.81. The molecule has 1 rings (SSSR count). The highest BCUT2D eigenvalue weighted by molar-refractivity contribution is 5.85. The fourth-order valence-electron chi connectivity index (χ4n) is 1.22. The standard InChI is InChI=1S/C8H15NO2/c1-3-9(2)7(10)8(11)5-4-6-8/h11H,3-6H2,1-2H3. The summed E-state index contributed by atoms with van der Waals surface area (Å²) in [7, 11) is 1.72. The molecule has 11 heavy (non-hydrogen) atoms. The van der Waals surface area contributed by atoms with Crippen LogP contribution in [0.5, 0.6) is 0 Å². The largest absolute Gasteiger partial charge is 0.380 e. The number of hydrogen-bond donors (Lipinski definition) is 1. The first-order valence-corrected chi connectivity index (χ1v) is 4.08. The van der Waals surface area contributed by atoms with E-state index in [1.165, 1.54) is 0 Å². The van der Waals surface area contributed by atoms with Crippen molar-refractivity contribution >= 4 is 5.91 Å². The highest BCUT2D eigenvalue weighted by Gasteiger charge is 2.43. The maximum absolute atomic E-state index is 11.4. The fourth-order valence-corrected chi connectivity index (χ4v) is 1.22. The SMILES string of the molecule is CCN(C)C(=O)C1(O)CCC1. The lowest BCUT2D eigenvalue weighted by atomic mass is 9.79. The number of likely N-dealkylation sites (N-methyl/N-ethyl adjacent to an activating group) is 1. The van der Waals surface area contributed by atoms with E-state index in [2.05, 4.69) is 0 Å². The molecule has 0 unspecified atom stereocenters. The van der Waals surface area contributed by atoms with E-state index in [1.807, 2.05) is 6.92 Å². The minimum absolute atomic E-state index is 0.119. The van der Waals surface area contributed by atoms with E-state index in [0.717, 1.165) is 6.42 Å². The van der Waals surface area contributed by atoms with E-state index >= 15 is 0 Å². The van der Waals surface area contributed by atoms with Crippen LogP contribution in [0.1, 0.15) is 26.2 Å². The van der Waals surface area contributed by atoms with Crippen molar-refractivity contribution < 1.29 is 9.90 Å². The van der Waals surface area contributed by atoms with Gasteiger partial charge in [-0.25, -0.2) is 0 Å². The Labute approximate surface area is 67.0 Å². The summed E-state index contributed by atoms with van der Waals surface area (Å²) in [6.45, 7) is 2.57. The van der Waals surface area contributed by atoms with Crippen molar-refractivity contribution in [2.75, 3.05) is 13.6 Å².